The summed E-state index contributed by atoms with van der Waals surface area (Å²) in [5, 5.41) is 44.2. The minimum absolute atomic E-state index is 0.367. The minimum Gasteiger partial charge on any atom is -0.394 e. The van der Waals surface area contributed by atoms with E-state index in [1.54, 1.807) is 0 Å². The summed E-state index contributed by atoms with van der Waals surface area (Å²) in [6.07, 6.45) is 84.6. The molecule has 78 heavy (non-hydrogen) atoms. The molecule has 4 unspecified atom stereocenters. The molecule has 0 aliphatic heterocycles. The molecule has 0 aliphatic carbocycles. The molecule has 0 saturated heterocycles. The second-order valence-corrected chi connectivity index (χ2v) is 24.9. The van der Waals surface area contributed by atoms with Gasteiger partial charge in [0.2, 0.25) is 5.91 Å². The second kappa shape index (κ2) is 66.6. The molecule has 0 heterocycles. The molecule has 1 amide bonds. The highest BCUT2D eigenvalue weighted by atomic mass is 16.3. The molecule has 6 heteroatoms. The first-order valence-corrected chi connectivity index (χ1v) is 35.7. The SMILES string of the molecule is CCCCCCCCCCCCCCCCCCCC/C=C\CCCCCCCCCCCCCCCCCCC(O)C(=O)NC(CO)C(O)C(O)CCC/C=C/CCCCCCCCCCCCCCCCCCCCC. The number of carbonyl (C=O) groups is 1. The average molecular weight is 1100 g/mol. The molecule has 0 saturated carbocycles. The van der Waals surface area contributed by atoms with Gasteiger partial charge in [-0.05, 0) is 64.2 Å². The summed E-state index contributed by atoms with van der Waals surface area (Å²) in [5.74, 6) is -0.586. The number of unbranched alkanes of at least 4 members (excludes halogenated alkanes) is 54. The van der Waals surface area contributed by atoms with Gasteiger partial charge in [0.1, 0.15) is 12.2 Å². The first-order valence-electron chi connectivity index (χ1n) is 35.7. The van der Waals surface area contributed by atoms with Gasteiger partial charge < -0.3 is 25.7 Å². The number of aliphatic hydroxyl groups is 4. The maximum atomic E-state index is 12.7. The number of hydrogen-bond acceptors (Lipinski definition) is 5. The van der Waals surface area contributed by atoms with Gasteiger partial charge in [-0.25, -0.2) is 0 Å². The topological polar surface area (TPSA) is 110 Å². The van der Waals surface area contributed by atoms with Gasteiger partial charge >= 0.3 is 0 Å². The Hall–Kier alpha value is -1.21. The van der Waals surface area contributed by atoms with Crippen molar-refractivity contribution in [2.45, 2.75) is 423 Å². The first kappa shape index (κ1) is 76.8. The normalized spacial score (nSPS) is 13.6. The lowest BCUT2D eigenvalue weighted by molar-refractivity contribution is -0.132. The Morgan fingerprint density at radius 3 is 0.769 bits per heavy atom. The molecule has 0 rings (SSSR count). The van der Waals surface area contributed by atoms with Crippen LogP contribution in [0.3, 0.4) is 0 Å². The molecule has 0 aliphatic rings. The summed E-state index contributed by atoms with van der Waals surface area (Å²) < 4.78 is 0. The fraction of sp³-hybridized carbons (Fsp3) is 0.931. The van der Waals surface area contributed by atoms with E-state index >= 15 is 0 Å². The van der Waals surface area contributed by atoms with Gasteiger partial charge in [0.05, 0.1) is 18.8 Å². The van der Waals surface area contributed by atoms with Gasteiger partial charge in [-0.15, -0.1) is 0 Å². The lowest BCUT2D eigenvalue weighted by Gasteiger charge is -2.27. The van der Waals surface area contributed by atoms with Gasteiger partial charge in [0.25, 0.3) is 0 Å². The smallest absolute Gasteiger partial charge is 0.249 e. The van der Waals surface area contributed by atoms with Gasteiger partial charge in [-0.2, -0.15) is 0 Å². The van der Waals surface area contributed by atoms with Gasteiger partial charge in [0.15, 0.2) is 0 Å². The summed E-state index contributed by atoms with van der Waals surface area (Å²) in [4.78, 5) is 12.7. The van der Waals surface area contributed by atoms with E-state index in [-0.39, 0.29) is 0 Å². The Morgan fingerprint density at radius 1 is 0.308 bits per heavy atom. The second-order valence-electron chi connectivity index (χ2n) is 24.9. The van der Waals surface area contributed by atoms with Crippen LogP contribution in [-0.4, -0.2) is 57.3 Å². The lowest BCUT2D eigenvalue weighted by Crippen LogP contribution is -2.53. The minimum atomic E-state index is -1.28. The summed E-state index contributed by atoms with van der Waals surface area (Å²) in [6.45, 7) is 4.10. The first-order chi connectivity index (χ1) is 38.5. The highest BCUT2D eigenvalue weighted by molar-refractivity contribution is 5.80. The van der Waals surface area contributed by atoms with Crippen molar-refractivity contribution in [2.24, 2.45) is 0 Å². The molecule has 0 aromatic heterocycles. The Balaban J connectivity index is 3.53. The van der Waals surface area contributed by atoms with Crippen molar-refractivity contribution in [1.29, 1.82) is 0 Å². The maximum absolute atomic E-state index is 12.7. The van der Waals surface area contributed by atoms with E-state index in [1.165, 1.54) is 334 Å². The van der Waals surface area contributed by atoms with Crippen molar-refractivity contribution in [3.8, 4) is 0 Å². The van der Waals surface area contributed by atoms with E-state index < -0.39 is 36.9 Å². The number of allylic oxidation sites excluding steroid dienone is 4. The Bertz CT molecular complexity index is 1190. The zero-order valence-electron chi connectivity index (χ0n) is 52.9. The molecule has 5 N–H and O–H groups in total. The number of hydrogen-bond donors (Lipinski definition) is 5. The van der Waals surface area contributed by atoms with Crippen LogP contribution in [0.15, 0.2) is 24.3 Å². The van der Waals surface area contributed by atoms with Crippen LogP contribution in [0.2, 0.25) is 0 Å². The van der Waals surface area contributed by atoms with E-state index in [9.17, 15) is 25.2 Å². The van der Waals surface area contributed by atoms with Crippen LogP contribution in [0.5, 0.6) is 0 Å². The fourth-order valence-electron chi connectivity index (χ4n) is 11.6. The fourth-order valence-corrected chi connectivity index (χ4v) is 11.6. The van der Waals surface area contributed by atoms with Crippen molar-refractivity contribution in [2.75, 3.05) is 6.61 Å². The number of aliphatic hydroxyl groups excluding tert-OH is 4. The summed E-state index contributed by atoms with van der Waals surface area (Å²) in [5.41, 5.74) is 0. The van der Waals surface area contributed by atoms with E-state index in [0.717, 1.165) is 38.5 Å². The van der Waals surface area contributed by atoms with Crippen LogP contribution in [0.1, 0.15) is 399 Å². The molecule has 464 valence electrons. The molecular formula is C72H141NO5. The van der Waals surface area contributed by atoms with Gasteiger partial charge in [0, 0.05) is 0 Å². The predicted molar refractivity (Wildman–Crippen MR) is 344 cm³/mol. The molecule has 0 fully saturated rings. The van der Waals surface area contributed by atoms with Crippen LogP contribution < -0.4 is 5.32 Å². The van der Waals surface area contributed by atoms with E-state index in [0.29, 0.717) is 12.8 Å². The molecule has 0 spiro atoms. The third kappa shape index (κ3) is 59.4. The molecule has 0 aromatic rings. The van der Waals surface area contributed by atoms with Crippen LogP contribution >= 0.6 is 0 Å². The van der Waals surface area contributed by atoms with Crippen molar-refractivity contribution >= 4 is 5.91 Å². The van der Waals surface area contributed by atoms with Crippen molar-refractivity contribution in [3.05, 3.63) is 24.3 Å². The third-order valence-corrected chi connectivity index (χ3v) is 17.1. The molecular weight excluding hydrogens is 959 g/mol. The standard InChI is InChI=1S/C72H141NO5/c1-3-5-7-9-11-13-15-17-19-21-23-25-27-29-30-31-32-33-34-35-36-37-38-39-40-41-42-44-46-48-50-52-54-56-58-60-62-64-66-70(76)72(78)73-68(67-74)71(77)69(75)65-63-61-59-57-55-53-51-49-47-45-43-28-26-24-22-20-18-16-14-12-10-8-6-4-2/h35-36,57,59,68-71,74-77H,3-34,37-56,58,60-67H2,1-2H3,(H,73,78)/b36-35-,59-57+. The number of rotatable bonds is 67. The molecule has 0 radical (unpaired) electrons. The summed E-state index contributed by atoms with van der Waals surface area (Å²) in [7, 11) is 0. The zero-order chi connectivity index (χ0) is 56.6. The van der Waals surface area contributed by atoms with Gasteiger partial charge in [-0.1, -0.05) is 359 Å². The largest absolute Gasteiger partial charge is 0.394 e. The van der Waals surface area contributed by atoms with Crippen molar-refractivity contribution in [1.82, 2.24) is 5.32 Å². The van der Waals surface area contributed by atoms with Crippen LogP contribution in [0.25, 0.3) is 0 Å². The highest BCUT2D eigenvalue weighted by Gasteiger charge is 2.28. The Kier molecular flexibility index (Phi) is 65.6. The molecule has 0 aromatic carbocycles. The molecule has 6 nitrogen and oxygen atoms in total. The predicted octanol–water partition coefficient (Wildman–Crippen LogP) is 22.1. The van der Waals surface area contributed by atoms with Gasteiger partial charge in [-0.3, -0.25) is 4.79 Å². The Labute approximate surface area is 488 Å². The summed E-state index contributed by atoms with van der Waals surface area (Å²) >= 11 is 0. The number of carbonyl (C=O) groups excluding carboxylic acids is 1. The summed E-state index contributed by atoms with van der Waals surface area (Å²) in [6, 6.07) is -1.00. The average Bonchev–Trinajstić information content (AvgIpc) is 3.45. The quantitative estimate of drug-likeness (QED) is 0.0308. The third-order valence-electron chi connectivity index (χ3n) is 17.1. The monoisotopic (exact) mass is 1100 g/mol. The van der Waals surface area contributed by atoms with E-state index in [4.69, 9.17) is 0 Å². The number of amides is 1. The molecule has 0 bridgehead atoms. The van der Waals surface area contributed by atoms with Crippen molar-refractivity contribution in [3.63, 3.8) is 0 Å². The van der Waals surface area contributed by atoms with E-state index in [1.807, 2.05) is 0 Å². The van der Waals surface area contributed by atoms with Crippen LogP contribution in [0, 0.1) is 0 Å². The highest BCUT2D eigenvalue weighted by Crippen LogP contribution is 2.19. The lowest BCUT2D eigenvalue weighted by atomic mass is 10.00. The maximum Gasteiger partial charge on any atom is 0.249 e. The number of nitrogens with one attached hydrogen (secondary N) is 1. The molecule has 4 atom stereocenters. The van der Waals surface area contributed by atoms with Crippen molar-refractivity contribution < 1.29 is 25.2 Å². The Morgan fingerprint density at radius 2 is 0.526 bits per heavy atom. The zero-order valence-corrected chi connectivity index (χ0v) is 52.9. The van der Waals surface area contributed by atoms with Crippen LogP contribution in [-0.2, 0) is 4.79 Å². The van der Waals surface area contributed by atoms with Crippen LogP contribution in [0.4, 0.5) is 0 Å². The van der Waals surface area contributed by atoms with E-state index in [2.05, 4.69) is 43.5 Å².